The first-order chi connectivity index (χ1) is 16.3. The van der Waals surface area contributed by atoms with E-state index in [1.54, 1.807) is 60.5 Å². The van der Waals surface area contributed by atoms with Gasteiger partial charge in [0.25, 0.3) is 11.8 Å². The molecule has 3 amide bonds. The van der Waals surface area contributed by atoms with Gasteiger partial charge in [-0.15, -0.1) is 0 Å². The molecule has 2 aromatic carbocycles. The quantitative estimate of drug-likeness (QED) is 0.595. The zero-order valence-corrected chi connectivity index (χ0v) is 20.6. The highest BCUT2D eigenvalue weighted by Gasteiger charge is 2.34. The van der Waals surface area contributed by atoms with Crippen molar-refractivity contribution in [3.05, 3.63) is 64.7 Å². The number of halogens is 1. The molecule has 3 rings (SSSR count). The fourth-order valence-corrected chi connectivity index (χ4v) is 4.25. The van der Waals surface area contributed by atoms with Crippen molar-refractivity contribution in [3.63, 3.8) is 0 Å². The number of piperidine rings is 1. The number of hydrogen-bond donors (Lipinski definition) is 2. The smallest absolute Gasteiger partial charge is 0.253 e. The summed E-state index contributed by atoms with van der Waals surface area (Å²) in [4.78, 5) is 40.7. The molecule has 0 saturated carbocycles. The molecule has 1 atom stereocenters. The van der Waals surface area contributed by atoms with Gasteiger partial charge >= 0.3 is 0 Å². The third kappa shape index (κ3) is 6.50. The van der Waals surface area contributed by atoms with Crippen LogP contribution in [0, 0.1) is 11.8 Å². The van der Waals surface area contributed by atoms with Crippen molar-refractivity contribution in [2.75, 3.05) is 26.7 Å². The minimum atomic E-state index is -0.708. The highest BCUT2D eigenvalue weighted by Crippen LogP contribution is 2.24. The molecular formula is C26H32ClN3O4. The van der Waals surface area contributed by atoms with E-state index in [0.717, 1.165) is 0 Å². The predicted octanol–water partition coefficient (Wildman–Crippen LogP) is 3.77. The van der Waals surface area contributed by atoms with E-state index in [4.69, 9.17) is 16.3 Å². The Hall–Kier alpha value is -3.06. The number of methoxy groups -OCH3 is 1. The van der Waals surface area contributed by atoms with Gasteiger partial charge in [0.1, 0.15) is 11.8 Å². The Balaban J connectivity index is 1.68. The lowest BCUT2D eigenvalue weighted by molar-refractivity contribution is -0.124. The van der Waals surface area contributed by atoms with Gasteiger partial charge in [-0.25, -0.2) is 0 Å². The van der Waals surface area contributed by atoms with Crippen LogP contribution in [-0.4, -0.2) is 55.4 Å². The molecule has 0 spiro atoms. The van der Waals surface area contributed by atoms with E-state index >= 15 is 0 Å². The Kier molecular flexibility index (Phi) is 8.93. The summed E-state index contributed by atoms with van der Waals surface area (Å²) >= 11 is 6.19. The van der Waals surface area contributed by atoms with Crippen LogP contribution in [0.4, 0.5) is 0 Å². The topological polar surface area (TPSA) is 87.7 Å². The molecule has 1 fully saturated rings. The van der Waals surface area contributed by atoms with Crippen molar-refractivity contribution in [2.45, 2.75) is 32.7 Å². The molecule has 0 aliphatic carbocycles. The number of benzene rings is 2. The minimum absolute atomic E-state index is 0.0537. The molecule has 182 valence electrons. The monoisotopic (exact) mass is 485 g/mol. The van der Waals surface area contributed by atoms with Gasteiger partial charge in [0, 0.05) is 25.2 Å². The summed E-state index contributed by atoms with van der Waals surface area (Å²) in [5, 5.41) is 6.18. The summed E-state index contributed by atoms with van der Waals surface area (Å²) in [5.41, 5.74) is 0.926. The van der Waals surface area contributed by atoms with Gasteiger partial charge in [-0.05, 0) is 61.1 Å². The number of rotatable bonds is 8. The summed E-state index contributed by atoms with van der Waals surface area (Å²) in [7, 11) is 1.58. The van der Waals surface area contributed by atoms with E-state index in [1.807, 2.05) is 13.8 Å². The van der Waals surface area contributed by atoms with Gasteiger partial charge in [-0.3, -0.25) is 14.4 Å². The molecular weight excluding hydrogens is 454 g/mol. The lowest BCUT2D eigenvalue weighted by Gasteiger charge is -2.36. The fraction of sp³-hybridized carbons (Fsp3) is 0.423. The standard InChI is InChI=1S/C26H32ClN3O4/c1-17(2)16-28-25(32)23(29-24(31)21-6-4-5-7-22(21)27)18-12-14-30(15-13-18)26(33)19-8-10-20(34-3)11-9-19/h4-11,17-18,23H,12-16H2,1-3H3,(H,28,32)(H,29,31)/t23-/m0/s1. The van der Waals surface area contributed by atoms with Crippen molar-refractivity contribution in [1.29, 1.82) is 0 Å². The van der Waals surface area contributed by atoms with E-state index in [-0.39, 0.29) is 29.6 Å². The summed E-state index contributed by atoms with van der Waals surface area (Å²) in [6, 6.07) is 13.1. The Morgan fingerprint density at radius 2 is 1.71 bits per heavy atom. The van der Waals surface area contributed by atoms with Crippen molar-refractivity contribution in [3.8, 4) is 5.75 Å². The van der Waals surface area contributed by atoms with Crippen LogP contribution in [0.3, 0.4) is 0 Å². The summed E-state index contributed by atoms with van der Waals surface area (Å²) < 4.78 is 5.16. The number of ether oxygens (including phenoxy) is 1. The van der Waals surface area contributed by atoms with E-state index in [1.165, 1.54) is 0 Å². The molecule has 2 N–H and O–H groups in total. The van der Waals surface area contributed by atoms with Crippen LogP contribution in [0.1, 0.15) is 47.4 Å². The van der Waals surface area contributed by atoms with Crippen molar-refractivity contribution >= 4 is 29.3 Å². The summed E-state index contributed by atoms with van der Waals surface area (Å²) in [5.74, 6) is 0.231. The van der Waals surface area contributed by atoms with Crippen LogP contribution in [0.5, 0.6) is 5.75 Å². The first-order valence-corrected chi connectivity index (χ1v) is 11.9. The zero-order valence-electron chi connectivity index (χ0n) is 19.8. The van der Waals surface area contributed by atoms with Gasteiger partial charge in [0.2, 0.25) is 5.91 Å². The lowest BCUT2D eigenvalue weighted by Crippen LogP contribution is -2.54. The van der Waals surface area contributed by atoms with Crippen molar-refractivity contribution in [1.82, 2.24) is 15.5 Å². The summed E-state index contributed by atoms with van der Waals surface area (Å²) in [6.07, 6.45) is 1.20. The number of carbonyl (C=O) groups is 3. The molecule has 7 nitrogen and oxygen atoms in total. The molecule has 0 unspecified atom stereocenters. The number of likely N-dealkylation sites (tertiary alicyclic amines) is 1. The van der Waals surface area contributed by atoms with Gasteiger partial charge in [-0.2, -0.15) is 0 Å². The number of carbonyl (C=O) groups excluding carboxylic acids is 3. The third-order valence-electron chi connectivity index (χ3n) is 6.01. The Morgan fingerprint density at radius 3 is 2.29 bits per heavy atom. The number of hydrogen-bond acceptors (Lipinski definition) is 4. The molecule has 1 aliphatic rings. The number of nitrogens with zero attached hydrogens (tertiary/aromatic N) is 1. The van der Waals surface area contributed by atoms with E-state index in [0.29, 0.717) is 54.4 Å². The Bertz CT molecular complexity index is 1000. The highest BCUT2D eigenvalue weighted by molar-refractivity contribution is 6.33. The molecule has 1 aliphatic heterocycles. The predicted molar refractivity (Wildman–Crippen MR) is 132 cm³/mol. The Morgan fingerprint density at radius 1 is 1.06 bits per heavy atom. The van der Waals surface area contributed by atoms with E-state index < -0.39 is 6.04 Å². The average Bonchev–Trinajstić information content (AvgIpc) is 2.85. The molecule has 1 heterocycles. The maximum absolute atomic E-state index is 13.0. The maximum atomic E-state index is 13.0. The molecule has 0 aromatic heterocycles. The highest BCUT2D eigenvalue weighted by atomic mass is 35.5. The average molecular weight is 486 g/mol. The molecule has 34 heavy (non-hydrogen) atoms. The van der Waals surface area contributed by atoms with E-state index in [2.05, 4.69) is 10.6 Å². The maximum Gasteiger partial charge on any atom is 0.253 e. The fourth-order valence-electron chi connectivity index (χ4n) is 4.03. The van der Waals surface area contributed by atoms with Crippen molar-refractivity contribution < 1.29 is 19.1 Å². The first-order valence-electron chi connectivity index (χ1n) is 11.6. The van der Waals surface area contributed by atoms with Gasteiger partial charge in [0.05, 0.1) is 17.7 Å². The van der Waals surface area contributed by atoms with Gasteiger partial charge in [0.15, 0.2) is 0 Å². The van der Waals surface area contributed by atoms with Crippen LogP contribution in [0.15, 0.2) is 48.5 Å². The van der Waals surface area contributed by atoms with Gasteiger partial charge < -0.3 is 20.3 Å². The molecule has 1 saturated heterocycles. The normalized spacial score (nSPS) is 15.0. The second-order valence-electron chi connectivity index (χ2n) is 8.93. The third-order valence-corrected chi connectivity index (χ3v) is 6.34. The van der Waals surface area contributed by atoms with E-state index in [9.17, 15) is 14.4 Å². The van der Waals surface area contributed by atoms with Crippen molar-refractivity contribution in [2.24, 2.45) is 11.8 Å². The van der Waals surface area contributed by atoms with Gasteiger partial charge in [-0.1, -0.05) is 37.6 Å². The lowest BCUT2D eigenvalue weighted by atomic mass is 9.88. The van der Waals surface area contributed by atoms with Crippen LogP contribution in [-0.2, 0) is 4.79 Å². The largest absolute Gasteiger partial charge is 0.497 e. The second-order valence-corrected chi connectivity index (χ2v) is 9.34. The molecule has 2 aromatic rings. The van der Waals surface area contributed by atoms with Crippen LogP contribution in [0.2, 0.25) is 5.02 Å². The summed E-state index contributed by atoms with van der Waals surface area (Å²) in [6.45, 7) is 5.56. The SMILES string of the molecule is COc1ccc(C(=O)N2CCC([C@H](NC(=O)c3ccccc3Cl)C(=O)NCC(C)C)CC2)cc1. The number of nitrogens with one attached hydrogen (secondary N) is 2. The minimum Gasteiger partial charge on any atom is -0.497 e. The second kappa shape index (κ2) is 11.9. The van der Waals surface area contributed by atoms with Crippen LogP contribution >= 0.6 is 11.6 Å². The Labute approximate surface area is 205 Å². The molecule has 0 bridgehead atoms. The van der Waals surface area contributed by atoms with Crippen LogP contribution in [0.25, 0.3) is 0 Å². The first kappa shape index (κ1) is 25.6. The zero-order chi connectivity index (χ0) is 24.7. The van der Waals surface area contributed by atoms with Crippen LogP contribution < -0.4 is 15.4 Å². The number of amides is 3. The molecule has 8 heteroatoms. The molecule has 0 radical (unpaired) electrons.